The average molecular weight is 388 g/mol. The summed E-state index contributed by atoms with van der Waals surface area (Å²) in [5.41, 5.74) is 4.10. The summed E-state index contributed by atoms with van der Waals surface area (Å²) in [6.07, 6.45) is 4.09. The number of hydrogen-bond donors (Lipinski definition) is 1. The quantitative estimate of drug-likeness (QED) is 0.538. The Bertz CT molecular complexity index is 1210. The van der Waals surface area contributed by atoms with Crippen molar-refractivity contribution in [1.29, 1.82) is 0 Å². The van der Waals surface area contributed by atoms with Crippen molar-refractivity contribution in [2.45, 2.75) is 12.5 Å². The van der Waals surface area contributed by atoms with Crippen LogP contribution in [0.25, 0.3) is 22.2 Å². The first-order chi connectivity index (χ1) is 14.2. The zero-order valence-corrected chi connectivity index (χ0v) is 15.2. The van der Waals surface area contributed by atoms with Gasteiger partial charge in [-0.15, -0.1) is 0 Å². The summed E-state index contributed by atoms with van der Waals surface area (Å²) in [5.74, 6) is 0.572. The second-order valence-corrected chi connectivity index (χ2v) is 6.82. The summed E-state index contributed by atoms with van der Waals surface area (Å²) in [5, 5.41) is 17.9. The molecule has 4 aromatic rings. The first-order valence-electron chi connectivity index (χ1n) is 9.15. The Labute approximate surface area is 165 Å². The fourth-order valence-electron chi connectivity index (χ4n) is 3.53. The third-order valence-corrected chi connectivity index (χ3v) is 4.94. The molecule has 0 saturated carbocycles. The standard InChI is InChI=1S/C21H16N4O4/c26-21(14-6-7-19-18(10-14)24-29-25(19)27)23-12-16-9-13-3-1-5-17(20(13)28-16)15-4-2-8-22-11-15/h1-8,10-11,16H,9,12H2,(H,23,26)/t16-/m0/s1. The van der Waals surface area contributed by atoms with Crippen LogP contribution in [0.4, 0.5) is 0 Å². The molecule has 2 aromatic heterocycles. The van der Waals surface area contributed by atoms with Gasteiger partial charge in [0, 0.05) is 46.7 Å². The minimum absolute atomic E-state index is 0.161. The second kappa shape index (κ2) is 6.90. The predicted molar refractivity (Wildman–Crippen MR) is 103 cm³/mol. The maximum absolute atomic E-state index is 12.5. The summed E-state index contributed by atoms with van der Waals surface area (Å²) >= 11 is 0. The van der Waals surface area contributed by atoms with Gasteiger partial charge in [-0.2, -0.15) is 0 Å². The number of ether oxygens (including phenoxy) is 1. The van der Waals surface area contributed by atoms with Crippen molar-refractivity contribution in [3.63, 3.8) is 0 Å². The monoisotopic (exact) mass is 388 g/mol. The van der Waals surface area contributed by atoms with Gasteiger partial charge < -0.3 is 15.3 Å². The van der Waals surface area contributed by atoms with Gasteiger partial charge in [0.2, 0.25) is 11.0 Å². The van der Waals surface area contributed by atoms with Crippen LogP contribution in [0, 0.1) is 5.21 Å². The number of nitrogens with one attached hydrogen (secondary N) is 1. The lowest BCUT2D eigenvalue weighted by Gasteiger charge is -2.13. The van der Waals surface area contributed by atoms with Crippen molar-refractivity contribution in [1.82, 2.24) is 15.5 Å². The van der Waals surface area contributed by atoms with E-state index in [9.17, 15) is 10.0 Å². The third kappa shape index (κ3) is 3.14. The fraction of sp³-hybridized carbons (Fsp3) is 0.143. The van der Waals surface area contributed by atoms with Crippen LogP contribution < -0.4 is 15.0 Å². The Morgan fingerprint density at radius 1 is 1.24 bits per heavy atom. The van der Waals surface area contributed by atoms with Crippen LogP contribution in [-0.2, 0) is 6.42 Å². The molecule has 1 atom stereocenters. The van der Waals surface area contributed by atoms with E-state index in [1.54, 1.807) is 18.5 Å². The third-order valence-electron chi connectivity index (χ3n) is 4.94. The fourth-order valence-corrected chi connectivity index (χ4v) is 3.53. The van der Waals surface area contributed by atoms with Gasteiger partial charge in [-0.1, -0.05) is 24.3 Å². The van der Waals surface area contributed by atoms with Crippen LogP contribution in [0.15, 0.2) is 65.6 Å². The zero-order chi connectivity index (χ0) is 19.8. The molecular weight excluding hydrogens is 372 g/mol. The Morgan fingerprint density at radius 2 is 2.17 bits per heavy atom. The largest absolute Gasteiger partial charge is 0.487 e. The predicted octanol–water partition coefficient (Wildman–Crippen LogP) is 2.26. The van der Waals surface area contributed by atoms with Crippen LogP contribution in [0.2, 0.25) is 0 Å². The van der Waals surface area contributed by atoms with Crippen LogP contribution in [0.3, 0.4) is 0 Å². The molecule has 1 N–H and O–H groups in total. The van der Waals surface area contributed by atoms with Crippen LogP contribution in [-0.4, -0.2) is 28.7 Å². The number of benzene rings is 2. The van der Waals surface area contributed by atoms with Gasteiger partial charge in [-0.3, -0.25) is 14.4 Å². The molecule has 0 saturated heterocycles. The molecule has 8 heteroatoms. The molecule has 0 fully saturated rings. The summed E-state index contributed by atoms with van der Waals surface area (Å²) in [7, 11) is 0. The lowest BCUT2D eigenvalue weighted by atomic mass is 10.0. The molecule has 144 valence electrons. The van der Waals surface area contributed by atoms with E-state index in [4.69, 9.17) is 4.74 Å². The number of carbonyl (C=O) groups is 1. The summed E-state index contributed by atoms with van der Waals surface area (Å²) in [4.78, 5) is 17.0. The van der Waals surface area contributed by atoms with Gasteiger partial charge >= 0.3 is 0 Å². The molecule has 3 heterocycles. The smallest absolute Gasteiger partial charge is 0.251 e. The summed E-state index contributed by atoms with van der Waals surface area (Å²) in [6, 6.07) is 14.5. The van der Waals surface area contributed by atoms with Crippen molar-refractivity contribution < 1.29 is 19.1 Å². The van der Waals surface area contributed by atoms with E-state index in [-0.39, 0.29) is 17.5 Å². The first-order valence-corrected chi connectivity index (χ1v) is 9.15. The lowest BCUT2D eigenvalue weighted by molar-refractivity contribution is -0.782. The number of pyridine rings is 1. The number of carbonyl (C=O) groups excluding carboxylic acids is 1. The molecule has 2 aromatic carbocycles. The van der Waals surface area contributed by atoms with Gasteiger partial charge in [-0.05, 0) is 28.7 Å². The van der Waals surface area contributed by atoms with Crippen molar-refractivity contribution in [2.75, 3.05) is 6.54 Å². The van der Waals surface area contributed by atoms with Gasteiger partial charge in [0.1, 0.15) is 11.9 Å². The molecule has 0 aliphatic carbocycles. The van der Waals surface area contributed by atoms with Gasteiger partial charge in [0.15, 0.2) is 0 Å². The maximum atomic E-state index is 12.5. The van der Waals surface area contributed by atoms with Crippen LogP contribution in [0.1, 0.15) is 15.9 Å². The average Bonchev–Trinajstić information content (AvgIpc) is 3.35. The van der Waals surface area contributed by atoms with Crippen LogP contribution in [0.5, 0.6) is 5.75 Å². The summed E-state index contributed by atoms with van der Waals surface area (Å²) in [6.45, 7) is 0.360. The normalized spacial score (nSPS) is 15.1. The second-order valence-electron chi connectivity index (χ2n) is 6.82. The molecule has 1 aliphatic rings. The highest BCUT2D eigenvalue weighted by Crippen LogP contribution is 2.38. The topological polar surface area (TPSA) is 104 Å². The summed E-state index contributed by atoms with van der Waals surface area (Å²) < 4.78 is 10.7. The Hall–Kier alpha value is -3.94. The van der Waals surface area contributed by atoms with Gasteiger partial charge in [0.25, 0.3) is 5.91 Å². The number of fused-ring (bicyclic) bond motifs is 2. The minimum atomic E-state index is -0.264. The molecular formula is C21H16N4O4. The molecule has 0 bridgehead atoms. The number of nitrogens with zero attached hydrogens (tertiary/aromatic N) is 3. The van der Waals surface area contributed by atoms with E-state index in [0.717, 1.165) is 22.4 Å². The molecule has 5 rings (SSSR count). The zero-order valence-electron chi connectivity index (χ0n) is 15.2. The molecule has 8 nitrogen and oxygen atoms in total. The number of aromatic nitrogens is 3. The number of rotatable bonds is 4. The minimum Gasteiger partial charge on any atom is -0.487 e. The van der Waals surface area contributed by atoms with Crippen molar-refractivity contribution in [3.05, 3.63) is 77.3 Å². The maximum Gasteiger partial charge on any atom is 0.251 e. The van der Waals surface area contributed by atoms with E-state index in [1.807, 2.05) is 30.3 Å². The number of para-hydroxylation sites is 1. The van der Waals surface area contributed by atoms with E-state index >= 15 is 0 Å². The lowest BCUT2D eigenvalue weighted by Crippen LogP contribution is -2.34. The number of hydrogen-bond acceptors (Lipinski definition) is 6. The van der Waals surface area contributed by atoms with Crippen molar-refractivity contribution in [2.24, 2.45) is 0 Å². The molecule has 0 radical (unpaired) electrons. The molecule has 0 unspecified atom stereocenters. The van der Waals surface area contributed by atoms with Crippen LogP contribution >= 0.6 is 0 Å². The van der Waals surface area contributed by atoms with E-state index < -0.39 is 0 Å². The van der Waals surface area contributed by atoms with Gasteiger partial charge in [-0.25, -0.2) is 0 Å². The molecule has 29 heavy (non-hydrogen) atoms. The highest BCUT2D eigenvalue weighted by molar-refractivity contribution is 5.96. The van der Waals surface area contributed by atoms with E-state index in [0.29, 0.717) is 28.9 Å². The van der Waals surface area contributed by atoms with E-state index in [1.165, 1.54) is 12.1 Å². The molecule has 0 spiro atoms. The van der Waals surface area contributed by atoms with Crippen molar-refractivity contribution in [3.8, 4) is 16.9 Å². The molecule has 1 amide bonds. The molecule has 1 aliphatic heterocycles. The Morgan fingerprint density at radius 3 is 3.03 bits per heavy atom. The van der Waals surface area contributed by atoms with Gasteiger partial charge in [0.05, 0.1) is 6.54 Å². The highest BCUT2D eigenvalue weighted by Gasteiger charge is 2.26. The Kier molecular flexibility index (Phi) is 4.09. The van der Waals surface area contributed by atoms with Crippen molar-refractivity contribution >= 4 is 16.9 Å². The Balaban J connectivity index is 1.28. The van der Waals surface area contributed by atoms with E-state index in [2.05, 4.69) is 20.1 Å². The number of amides is 1. The SMILES string of the molecule is O=C(NC[C@@H]1Cc2cccc(-c3cccnc3)c2O1)c1ccc2c(c1)no[n+]2[O-]. The first kappa shape index (κ1) is 17.2. The highest BCUT2D eigenvalue weighted by atomic mass is 16.8.